The van der Waals surface area contributed by atoms with Crippen molar-refractivity contribution in [3.63, 3.8) is 0 Å². The first-order valence-electron chi connectivity index (χ1n) is 5.70. The lowest BCUT2D eigenvalue weighted by Crippen LogP contribution is -2.30. The van der Waals surface area contributed by atoms with E-state index < -0.39 is 17.7 Å². The third-order valence-corrected chi connectivity index (χ3v) is 3.23. The van der Waals surface area contributed by atoms with Crippen LogP contribution in [-0.4, -0.2) is 13.1 Å². The van der Waals surface area contributed by atoms with Crippen LogP contribution >= 0.6 is 0 Å². The maximum Gasteiger partial charge on any atom is 0.131 e. The van der Waals surface area contributed by atoms with Gasteiger partial charge in [-0.05, 0) is 37.9 Å². The fourth-order valence-corrected chi connectivity index (χ4v) is 2.30. The molecular weight excluding hydrogens is 226 g/mol. The van der Waals surface area contributed by atoms with Crippen LogP contribution in [0.5, 0.6) is 0 Å². The van der Waals surface area contributed by atoms with E-state index in [9.17, 15) is 13.7 Å². The van der Waals surface area contributed by atoms with Gasteiger partial charge in [0.2, 0.25) is 0 Å². The molecule has 1 atom stereocenters. The number of piperidine rings is 1. The third kappa shape index (κ3) is 2.66. The highest BCUT2D eigenvalue weighted by atomic mass is 19.1. The first-order chi connectivity index (χ1) is 8.22. The molecule has 1 saturated heterocycles. The normalized spacial score (nSPS) is 18.9. The first-order valence-corrected chi connectivity index (χ1v) is 5.70. The van der Waals surface area contributed by atoms with Crippen LogP contribution in [0.1, 0.15) is 24.4 Å². The van der Waals surface area contributed by atoms with Crippen LogP contribution < -0.4 is 5.32 Å². The van der Waals surface area contributed by atoms with E-state index in [4.69, 9.17) is 0 Å². The van der Waals surface area contributed by atoms with E-state index in [2.05, 4.69) is 10.5 Å². The van der Waals surface area contributed by atoms with Crippen molar-refractivity contribution in [3.8, 4) is 0 Å². The topological polar surface area (TPSA) is 41.5 Å². The van der Waals surface area contributed by atoms with E-state index in [-0.39, 0.29) is 11.5 Å². The minimum Gasteiger partial charge on any atom is -0.317 e. The van der Waals surface area contributed by atoms with E-state index in [1.807, 2.05) is 0 Å². The zero-order valence-corrected chi connectivity index (χ0v) is 9.33. The van der Waals surface area contributed by atoms with E-state index >= 15 is 0 Å². The Labute approximate surface area is 98.2 Å². The first kappa shape index (κ1) is 12.1. The predicted molar refractivity (Wildman–Crippen MR) is 60.5 cm³/mol. The van der Waals surface area contributed by atoms with E-state index in [0.717, 1.165) is 38.1 Å². The Hall–Kier alpha value is -1.36. The number of nitroso groups, excluding NO2 is 1. The minimum atomic E-state index is -0.710. The van der Waals surface area contributed by atoms with Gasteiger partial charge < -0.3 is 5.32 Å². The molecule has 1 aromatic rings. The Bertz CT molecular complexity index is 405. The van der Waals surface area contributed by atoms with Crippen LogP contribution in [0.25, 0.3) is 0 Å². The second kappa shape index (κ2) is 5.31. The number of halogens is 2. The lowest BCUT2D eigenvalue weighted by molar-refractivity contribution is 0.316. The average molecular weight is 240 g/mol. The zero-order chi connectivity index (χ0) is 12.3. The summed E-state index contributed by atoms with van der Waals surface area (Å²) in [7, 11) is 0. The summed E-state index contributed by atoms with van der Waals surface area (Å²) < 4.78 is 26.4. The van der Waals surface area contributed by atoms with E-state index in [1.54, 1.807) is 0 Å². The molecule has 0 bridgehead atoms. The SMILES string of the molecule is O=NC(c1ccc(F)cc1F)C1CCNCC1. The van der Waals surface area contributed by atoms with Gasteiger partial charge in [-0.25, -0.2) is 8.78 Å². The molecule has 1 aliphatic heterocycles. The molecule has 1 unspecified atom stereocenters. The summed E-state index contributed by atoms with van der Waals surface area (Å²) in [6.07, 6.45) is 1.57. The highest BCUT2D eigenvalue weighted by molar-refractivity contribution is 5.23. The van der Waals surface area contributed by atoms with Crippen molar-refractivity contribution in [2.45, 2.75) is 18.9 Å². The molecule has 0 saturated carbocycles. The fraction of sp³-hybridized carbons (Fsp3) is 0.500. The van der Waals surface area contributed by atoms with Crippen molar-refractivity contribution < 1.29 is 8.78 Å². The monoisotopic (exact) mass is 240 g/mol. The summed E-state index contributed by atoms with van der Waals surface area (Å²) in [5.41, 5.74) is 0.202. The molecule has 0 aliphatic carbocycles. The second-order valence-electron chi connectivity index (χ2n) is 4.30. The van der Waals surface area contributed by atoms with Crippen molar-refractivity contribution in [1.29, 1.82) is 0 Å². The molecule has 92 valence electrons. The van der Waals surface area contributed by atoms with Gasteiger partial charge in [-0.1, -0.05) is 11.2 Å². The molecule has 1 fully saturated rings. The van der Waals surface area contributed by atoms with Gasteiger partial charge in [0, 0.05) is 11.6 Å². The molecule has 0 radical (unpaired) electrons. The highest BCUT2D eigenvalue weighted by Crippen LogP contribution is 2.33. The van der Waals surface area contributed by atoms with Crippen LogP contribution in [0.4, 0.5) is 8.78 Å². The van der Waals surface area contributed by atoms with Crippen molar-refractivity contribution in [3.05, 3.63) is 40.3 Å². The Balaban J connectivity index is 2.24. The lowest BCUT2D eigenvalue weighted by atomic mass is 9.86. The quantitative estimate of drug-likeness (QED) is 0.825. The average Bonchev–Trinajstić information content (AvgIpc) is 2.34. The Morgan fingerprint density at radius 2 is 2.00 bits per heavy atom. The molecule has 1 aromatic carbocycles. The van der Waals surface area contributed by atoms with Crippen LogP contribution in [0.2, 0.25) is 0 Å². The summed E-state index contributed by atoms with van der Waals surface area (Å²) in [5, 5.41) is 6.20. The summed E-state index contributed by atoms with van der Waals surface area (Å²) in [6.45, 7) is 1.61. The van der Waals surface area contributed by atoms with Crippen LogP contribution in [-0.2, 0) is 0 Å². The van der Waals surface area contributed by atoms with Gasteiger partial charge >= 0.3 is 0 Å². The van der Waals surface area contributed by atoms with Crippen molar-refractivity contribution >= 4 is 0 Å². The maximum atomic E-state index is 13.6. The summed E-state index contributed by atoms with van der Waals surface area (Å²) in [5.74, 6) is -1.29. The Morgan fingerprint density at radius 3 is 2.59 bits per heavy atom. The summed E-state index contributed by atoms with van der Waals surface area (Å²) in [6, 6.07) is 2.57. The van der Waals surface area contributed by atoms with Gasteiger partial charge in [-0.3, -0.25) is 0 Å². The molecule has 1 N–H and O–H groups in total. The van der Waals surface area contributed by atoms with Gasteiger partial charge in [-0.2, -0.15) is 4.91 Å². The largest absolute Gasteiger partial charge is 0.317 e. The van der Waals surface area contributed by atoms with Gasteiger partial charge in [0.1, 0.15) is 17.7 Å². The number of hydrogen-bond acceptors (Lipinski definition) is 3. The highest BCUT2D eigenvalue weighted by Gasteiger charge is 2.28. The lowest BCUT2D eigenvalue weighted by Gasteiger charge is -2.26. The standard InChI is InChI=1S/C12H14F2N2O/c13-9-1-2-10(11(14)7-9)12(16-17)8-3-5-15-6-4-8/h1-2,7-8,12,15H,3-6H2. The van der Waals surface area contributed by atoms with Crippen molar-refractivity contribution in [1.82, 2.24) is 5.32 Å². The van der Waals surface area contributed by atoms with E-state index in [0.29, 0.717) is 0 Å². The van der Waals surface area contributed by atoms with Gasteiger partial charge in [0.15, 0.2) is 0 Å². The molecule has 2 rings (SSSR count). The van der Waals surface area contributed by atoms with Gasteiger partial charge in [0.25, 0.3) is 0 Å². The number of benzene rings is 1. The number of rotatable bonds is 3. The number of nitrogens with one attached hydrogen (secondary N) is 1. The molecule has 0 amide bonds. The number of nitrogens with zero attached hydrogens (tertiary/aromatic N) is 1. The number of hydrogen-bond donors (Lipinski definition) is 1. The maximum absolute atomic E-state index is 13.6. The van der Waals surface area contributed by atoms with E-state index in [1.165, 1.54) is 6.07 Å². The Kier molecular flexibility index (Phi) is 3.78. The van der Waals surface area contributed by atoms with Crippen LogP contribution in [0.3, 0.4) is 0 Å². The fourth-order valence-electron chi connectivity index (χ4n) is 2.30. The molecule has 0 aromatic heterocycles. The Morgan fingerprint density at radius 1 is 1.29 bits per heavy atom. The predicted octanol–water partition coefficient (Wildman–Crippen LogP) is 2.77. The van der Waals surface area contributed by atoms with Gasteiger partial charge in [0.05, 0.1) is 0 Å². The van der Waals surface area contributed by atoms with Crippen molar-refractivity contribution in [2.75, 3.05) is 13.1 Å². The third-order valence-electron chi connectivity index (χ3n) is 3.23. The molecule has 0 spiro atoms. The van der Waals surface area contributed by atoms with Gasteiger partial charge in [-0.15, -0.1) is 0 Å². The molecule has 17 heavy (non-hydrogen) atoms. The molecule has 1 aliphatic rings. The molecular formula is C12H14F2N2O. The molecule has 1 heterocycles. The summed E-state index contributed by atoms with van der Waals surface area (Å²) in [4.78, 5) is 10.9. The second-order valence-corrected chi connectivity index (χ2v) is 4.30. The zero-order valence-electron chi connectivity index (χ0n) is 9.33. The smallest absolute Gasteiger partial charge is 0.131 e. The van der Waals surface area contributed by atoms with Crippen molar-refractivity contribution in [2.24, 2.45) is 11.1 Å². The van der Waals surface area contributed by atoms with Crippen LogP contribution in [0.15, 0.2) is 23.4 Å². The minimum absolute atomic E-state index is 0.0358. The van der Waals surface area contributed by atoms with Crippen LogP contribution in [0, 0.1) is 22.5 Å². The molecule has 5 heteroatoms. The summed E-state index contributed by atoms with van der Waals surface area (Å²) >= 11 is 0. The molecule has 3 nitrogen and oxygen atoms in total.